The number of nitrogens with zero attached hydrogens (tertiary/aromatic N) is 3. The Morgan fingerprint density at radius 2 is 1.91 bits per heavy atom. The Labute approximate surface area is 194 Å². The molecule has 0 aliphatic carbocycles. The molecule has 32 heavy (non-hydrogen) atoms. The van der Waals surface area contributed by atoms with E-state index in [0.717, 1.165) is 22.1 Å². The Kier molecular flexibility index (Phi) is 6.01. The second-order valence-electron chi connectivity index (χ2n) is 8.09. The van der Waals surface area contributed by atoms with Crippen molar-refractivity contribution in [1.29, 1.82) is 0 Å². The molecule has 7 heteroatoms. The Morgan fingerprint density at radius 3 is 2.75 bits per heavy atom. The highest BCUT2D eigenvalue weighted by Gasteiger charge is 2.14. The lowest BCUT2D eigenvalue weighted by atomic mass is 10.1. The van der Waals surface area contributed by atoms with Gasteiger partial charge in [0.2, 0.25) is 0 Å². The van der Waals surface area contributed by atoms with Crippen molar-refractivity contribution >= 4 is 15.9 Å². The zero-order valence-corrected chi connectivity index (χ0v) is 19.1. The van der Waals surface area contributed by atoms with Crippen molar-refractivity contribution in [3.63, 3.8) is 0 Å². The molecule has 0 spiro atoms. The van der Waals surface area contributed by atoms with E-state index in [0.29, 0.717) is 29.3 Å². The Balaban J connectivity index is 1.36. The summed E-state index contributed by atoms with van der Waals surface area (Å²) < 4.78 is 7.13. The second kappa shape index (κ2) is 9.22. The molecule has 1 aromatic carbocycles. The number of hydrogen-bond acceptors (Lipinski definition) is 5. The van der Waals surface area contributed by atoms with Crippen LogP contribution in [0.15, 0.2) is 74.7 Å². The number of aromatic amines is 1. The molecule has 3 aromatic heterocycles. The molecule has 6 nitrogen and oxygen atoms in total. The van der Waals surface area contributed by atoms with Gasteiger partial charge in [0.15, 0.2) is 11.7 Å². The molecule has 5 rings (SSSR count). The molecule has 4 heterocycles. The van der Waals surface area contributed by atoms with Crippen molar-refractivity contribution in [3.05, 3.63) is 92.9 Å². The van der Waals surface area contributed by atoms with E-state index in [4.69, 9.17) is 4.42 Å². The molecule has 4 aromatic rings. The minimum atomic E-state index is -0.171. The highest BCUT2D eigenvalue weighted by molar-refractivity contribution is 9.10. The van der Waals surface area contributed by atoms with Crippen molar-refractivity contribution in [2.45, 2.75) is 25.8 Å². The van der Waals surface area contributed by atoms with E-state index in [9.17, 15) is 4.79 Å². The van der Waals surface area contributed by atoms with Crippen molar-refractivity contribution < 1.29 is 4.42 Å². The quantitative estimate of drug-likeness (QED) is 0.409. The minimum absolute atomic E-state index is 0.171. The topological polar surface area (TPSA) is 75.0 Å². The number of rotatable bonds is 6. The van der Waals surface area contributed by atoms with Crippen molar-refractivity contribution in [3.8, 4) is 22.6 Å². The molecule has 0 unspecified atom stereocenters. The van der Waals surface area contributed by atoms with E-state index in [2.05, 4.69) is 54.0 Å². The molecule has 1 fully saturated rings. The SMILES string of the molecule is O=c1[nH]cccc1-c1cc(-c2cnc(Cc3cc(Br)cc(CN4CCCC4)c3)o2)ccn1. The Hall–Kier alpha value is -3.03. The summed E-state index contributed by atoms with van der Waals surface area (Å²) in [5, 5.41) is 0. The van der Waals surface area contributed by atoms with Crippen LogP contribution in [0.25, 0.3) is 22.6 Å². The summed E-state index contributed by atoms with van der Waals surface area (Å²) in [5.74, 6) is 1.31. The van der Waals surface area contributed by atoms with Gasteiger partial charge in [-0.2, -0.15) is 0 Å². The number of hydrogen-bond donors (Lipinski definition) is 1. The maximum atomic E-state index is 12.1. The average Bonchev–Trinajstić information content (AvgIpc) is 3.46. The van der Waals surface area contributed by atoms with Crippen LogP contribution in [0.5, 0.6) is 0 Å². The third-order valence-corrected chi connectivity index (χ3v) is 6.13. The summed E-state index contributed by atoms with van der Waals surface area (Å²) in [4.78, 5) is 26.1. The van der Waals surface area contributed by atoms with E-state index in [1.165, 1.54) is 31.5 Å². The van der Waals surface area contributed by atoms with Gasteiger partial charge in [-0.3, -0.25) is 14.7 Å². The van der Waals surface area contributed by atoms with E-state index < -0.39 is 0 Å². The maximum Gasteiger partial charge on any atom is 0.257 e. The lowest BCUT2D eigenvalue weighted by Gasteiger charge is -2.15. The maximum absolute atomic E-state index is 12.1. The summed E-state index contributed by atoms with van der Waals surface area (Å²) in [5.41, 5.74) is 4.24. The van der Waals surface area contributed by atoms with E-state index in [1.807, 2.05) is 12.1 Å². The van der Waals surface area contributed by atoms with Crippen LogP contribution in [-0.4, -0.2) is 32.9 Å². The molecule has 0 atom stereocenters. The minimum Gasteiger partial charge on any atom is -0.440 e. The monoisotopic (exact) mass is 490 g/mol. The molecular formula is C25H23BrN4O2. The normalized spacial score (nSPS) is 14.2. The van der Waals surface area contributed by atoms with Gasteiger partial charge in [-0.25, -0.2) is 4.98 Å². The highest BCUT2D eigenvalue weighted by atomic mass is 79.9. The molecule has 0 radical (unpaired) electrons. The number of aromatic nitrogens is 3. The standard InChI is InChI=1S/C25H23BrN4O2/c26-20-11-17(10-18(12-20)16-30-8-1-2-9-30)13-24-29-15-23(32-24)19-5-7-27-22(14-19)21-4-3-6-28-25(21)31/h3-7,10-12,14-15H,1-2,8-9,13,16H2,(H,28,31). The molecule has 162 valence electrons. The van der Waals surface area contributed by atoms with E-state index in [-0.39, 0.29) is 5.56 Å². The van der Waals surface area contributed by atoms with Crippen LogP contribution >= 0.6 is 15.9 Å². The molecule has 1 aliphatic heterocycles. The van der Waals surface area contributed by atoms with Crippen LogP contribution in [0, 0.1) is 0 Å². The highest BCUT2D eigenvalue weighted by Crippen LogP contribution is 2.26. The zero-order valence-electron chi connectivity index (χ0n) is 17.6. The van der Waals surface area contributed by atoms with Gasteiger partial charge in [-0.1, -0.05) is 22.0 Å². The fraction of sp³-hybridized carbons (Fsp3) is 0.240. The third-order valence-electron chi connectivity index (χ3n) is 5.67. The van der Waals surface area contributed by atoms with Crippen molar-refractivity contribution in [2.75, 3.05) is 13.1 Å². The van der Waals surface area contributed by atoms with Gasteiger partial charge < -0.3 is 9.40 Å². The lowest BCUT2D eigenvalue weighted by Crippen LogP contribution is -2.18. The van der Waals surface area contributed by atoms with Gasteiger partial charge in [-0.15, -0.1) is 0 Å². The summed E-state index contributed by atoms with van der Waals surface area (Å²) in [6.07, 6.45) is 8.20. The fourth-order valence-electron chi connectivity index (χ4n) is 4.16. The number of nitrogens with one attached hydrogen (secondary N) is 1. The number of H-pyrrole nitrogens is 1. The van der Waals surface area contributed by atoms with Crippen molar-refractivity contribution in [1.82, 2.24) is 19.9 Å². The number of halogens is 1. The fourth-order valence-corrected chi connectivity index (χ4v) is 4.75. The van der Waals surface area contributed by atoms with Crippen LogP contribution < -0.4 is 5.56 Å². The predicted molar refractivity (Wildman–Crippen MR) is 127 cm³/mol. The van der Waals surface area contributed by atoms with Crippen LogP contribution in [0.1, 0.15) is 29.9 Å². The molecule has 0 saturated carbocycles. The average molecular weight is 491 g/mol. The Bertz CT molecular complexity index is 1290. The lowest BCUT2D eigenvalue weighted by molar-refractivity contribution is 0.331. The van der Waals surface area contributed by atoms with Gasteiger partial charge in [0.05, 0.1) is 17.5 Å². The van der Waals surface area contributed by atoms with Crippen LogP contribution in [0.2, 0.25) is 0 Å². The molecule has 1 N–H and O–H groups in total. The number of likely N-dealkylation sites (tertiary alicyclic amines) is 1. The van der Waals surface area contributed by atoms with Crippen molar-refractivity contribution in [2.24, 2.45) is 0 Å². The third kappa shape index (κ3) is 4.74. The first-order chi connectivity index (χ1) is 15.6. The summed E-state index contributed by atoms with van der Waals surface area (Å²) in [6, 6.07) is 13.8. The van der Waals surface area contributed by atoms with Crippen LogP contribution in [0.4, 0.5) is 0 Å². The van der Waals surface area contributed by atoms with E-state index >= 15 is 0 Å². The summed E-state index contributed by atoms with van der Waals surface area (Å²) >= 11 is 3.65. The molecule has 0 amide bonds. The molecule has 1 aliphatic rings. The first kappa shape index (κ1) is 20.8. The van der Waals surface area contributed by atoms with Crippen LogP contribution in [0.3, 0.4) is 0 Å². The first-order valence-electron chi connectivity index (χ1n) is 10.7. The largest absolute Gasteiger partial charge is 0.440 e. The van der Waals surface area contributed by atoms with Gasteiger partial charge in [-0.05, 0) is 73.5 Å². The van der Waals surface area contributed by atoms with Gasteiger partial charge in [0.25, 0.3) is 5.56 Å². The van der Waals surface area contributed by atoms with E-state index in [1.54, 1.807) is 30.7 Å². The molecule has 1 saturated heterocycles. The van der Waals surface area contributed by atoms with Gasteiger partial charge >= 0.3 is 0 Å². The molecule has 0 bridgehead atoms. The molecular weight excluding hydrogens is 468 g/mol. The second-order valence-corrected chi connectivity index (χ2v) is 9.00. The van der Waals surface area contributed by atoms with Gasteiger partial charge in [0.1, 0.15) is 0 Å². The van der Waals surface area contributed by atoms with Crippen LogP contribution in [-0.2, 0) is 13.0 Å². The first-order valence-corrected chi connectivity index (χ1v) is 11.5. The predicted octanol–water partition coefficient (Wildman–Crippen LogP) is 5.04. The number of benzene rings is 1. The summed E-state index contributed by atoms with van der Waals surface area (Å²) in [7, 11) is 0. The smallest absolute Gasteiger partial charge is 0.257 e. The summed E-state index contributed by atoms with van der Waals surface area (Å²) in [6.45, 7) is 3.32. The Morgan fingerprint density at radius 1 is 1.06 bits per heavy atom. The van der Waals surface area contributed by atoms with Gasteiger partial charge in [0, 0.05) is 35.4 Å². The number of pyridine rings is 2. The zero-order chi connectivity index (χ0) is 21.9. The number of oxazole rings is 1.